The SMILES string of the molecule is COC[C@H](C)NC(=O)CN1C(=O)N[C@@](C)(c2ccccc2)C1=O. The molecule has 2 N–H and O–H groups in total. The Morgan fingerprint density at radius 3 is 2.61 bits per heavy atom. The van der Waals surface area contributed by atoms with Gasteiger partial charge in [-0.15, -0.1) is 0 Å². The smallest absolute Gasteiger partial charge is 0.325 e. The summed E-state index contributed by atoms with van der Waals surface area (Å²) in [5, 5.41) is 5.34. The number of rotatable bonds is 6. The second kappa shape index (κ2) is 6.78. The minimum atomic E-state index is -1.16. The molecule has 1 fully saturated rings. The second-order valence-corrected chi connectivity index (χ2v) is 5.74. The number of imide groups is 1. The standard InChI is InChI=1S/C16H21N3O4/c1-11(10-23-3)17-13(20)9-19-14(21)16(2,18-15(19)22)12-7-5-4-6-8-12/h4-8,11H,9-10H2,1-3H3,(H,17,20)(H,18,22)/t11-,16-/m0/s1. The number of amides is 4. The molecule has 1 aliphatic rings. The third-order valence-electron chi connectivity index (χ3n) is 3.75. The van der Waals surface area contributed by atoms with Crippen LogP contribution >= 0.6 is 0 Å². The molecule has 0 bridgehead atoms. The van der Waals surface area contributed by atoms with Crippen molar-refractivity contribution in [1.82, 2.24) is 15.5 Å². The van der Waals surface area contributed by atoms with Crippen molar-refractivity contribution in [2.45, 2.75) is 25.4 Å². The summed E-state index contributed by atoms with van der Waals surface area (Å²) in [6.07, 6.45) is 0. The van der Waals surface area contributed by atoms with E-state index in [1.165, 1.54) is 7.11 Å². The van der Waals surface area contributed by atoms with E-state index < -0.39 is 23.4 Å². The predicted molar refractivity (Wildman–Crippen MR) is 83.5 cm³/mol. The third-order valence-corrected chi connectivity index (χ3v) is 3.75. The van der Waals surface area contributed by atoms with Gasteiger partial charge >= 0.3 is 6.03 Å². The van der Waals surface area contributed by atoms with Gasteiger partial charge in [-0.2, -0.15) is 0 Å². The van der Waals surface area contributed by atoms with Crippen molar-refractivity contribution in [1.29, 1.82) is 0 Å². The second-order valence-electron chi connectivity index (χ2n) is 5.74. The molecule has 0 spiro atoms. The van der Waals surface area contributed by atoms with Crippen molar-refractivity contribution in [3.8, 4) is 0 Å². The topological polar surface area (TPSA) is 87.7 Å². The summed E-state index contributed by atoms with van der Waals surface area (Å²) in [6, 6.07) is 8.18. The van der Waals surface area contributed by atoms with E-state index in [9.17, 15) is 14.4 Å². The number of hydrogen-bond donors (Lipinski definition) is 2. The molecular formula is C16H21N3O4. The molecule has 1 aliphatic heterocycles. The van der Waals surface area contributed by atoms with E-state index in [-0.39, 0.29) is 12.6 Å². The van der Waals surface area contributed by atoms with Crippen molar-refractivity contribution in [2.24, 2.45) is 0 Å². The molecule has 0 aromatic heterocycles. The summed E-state index contributed by atoms with van der Waals surface area (Å²) in [5.74, 6) is -0.849. The van der Waals surface area contributed by atoms with Gasteiger partial charge in [0.05, 0.1) is 6.61 Å². The molecule has 2 rings (SSSR count). The van der Waals surface area contributed by atoms with Crippen LogP contribution in [0.4, 0.5) is 4.79 Å². The largest absolute Gasteiger partial charge is 0.383 e. The lowest BCUT2D eigenvalue weighted by atomic mass is 9.92. The Balaban J connectivity index is 2.09. The first-order valence-electron chi connectivity index (χ1n) is 7.36. The van der Waals surface area contributed by atoms with Crippen LogP contribution in [0.25, 0.3) is 0 Å². The number of methoxy groups -OCH3 is 1. The van der Waals surface area contributed by atoms with Gasteiger partial charge in [-0.1, -0.05) is 30.3 Å². The summed E-state index contributed by atoms with van der Waals surface area (Å²) in [7, 11) is 1.53. The van der Waals surface area contributed by atoms with E-state index in [2.05, 4.69) is 10.6 Å². The van der Waals surface area contributed by atoms with Gasteiger partial charge in [-0.05, 0) is 19.4 Å². The first-order chi connectivity index (χ1) is 10.9. The molecule has 4 amide bonds. The monoisotopic (exact) mass is 319 g/mol. The molecule has 7 heteroatoms. The number of nitrogens with one attached hydrogen (secondary N) is 2. The molecule has 0 saturated carbocycles. The quantitative estimate of drug-likeness (QED) is 0.752. The van der Waals surface area contributed by atoms with E-state index >= 15 is 0 Å². The molecule has 1 saturated heterocycles. The summed E-state index contributed by atoms with van der Waals surface area (Å²) < 4.78 is 4.93. The van der Waals surface area contributed by atoms with Crippen molar-refractivity contribution in [3.05, 3.63) is 35.9 Å². The van der Waals surface area contributed by atoms with Crippen LogP contribution in [0, 0.1) is 0 Å². The van der Waals surface area contributed by atoms with Crippen molar-refractivity contribution in [3.63, 3.8) is 0 Å². The summed E-state index contributed by atoms with van der Waals surface area (Å²) >= 11 is 0. The van der Waals surface area contributed by atoms with Gasteiger partial charge in [0.25, 0.3) is 5.91 Å². The van der Waals surface area contributed by atoms with Crippen LogP contribution in [0.15, 0.2) is 30.3 Å². The normalized spacial score (nSPS) is 22.0. The Morgan fingerprint density at radius 2 is 2.00 bits per heavy atom. The van der Waals surface area contributed by atoms with E-state index in [0.29, 0.717) is 12.2 Å². The maximum atomic E-state index is 12.6. The summed E-state index contributed by atoms with van der Waals surface area (Å²) in [5.41, 5.74) is -0.481. The van der Waals surface area contributed by atoms with Crippen molar-refractivity contribution in [2.75, 3.05) is 20.3 Å². The van der Waals surface area contributed by atoms with Crippen molar-refractivity contribution >= 4 is 17.8 Å². The number of carbonyl (C=O) groups excluding carboxylic acids is 3. The molecule has 2 atom stereocenters. The van der Waals surface area contributed by atoms with E-state index in [1.54, 1.807) is 38.1 Å². The van der Waals surface area contributed by atoms with Crippen LogP contribution in [-0.4, -0.2) is 49.0 Å². The zero-order chi connectivity index (χ0) is 17.0. The number of nitrogens with zero attached hydrogens (tertiary/aromatic N) is 1. The Labute approximate surface area is 135 Å². The van der Waals surface area contributed by atoms with Crippen molar-refractivity contribution < 1.29 is 19.1 Å². The van der Waals surface area contributed by atoms with Gasteiger partial charge < -0.3 is 15.4 Å². The molecule has 0 unspecified atom stereocenters. The molecule has 0 radical (unpaired) electrons. The first kappa shape index (κ1) is 17.0. The van der Waals surface area contributed by atoms with Gasteiger partial charge in [-0.25, -0.2) is 4.79 Å². The van der Waals surface area contributed by atoms with E-state index in [1.807, 2.05) is 6.07 Å². The highest BCUT2D eigenvalue weighted by atomic mass is 16.5. The van der Waals surface area contributed by atoms with Crippen LogP contribution in [0.3, 0.4) is 0 Å². The zero-order valence-corrected chi connectivity index (χ0v) is 13.5. The minimum absolute atomic E-state index is 0.200. The van der Waals surface area contributed by atoms with Gasteiger partial charge in [-0.3, -0.25) is 14.5 Å². The van der Waals surface area contributed by atoms with Crippen LogP contribution in [-0.2, 0) is 19.9 Å². The highest BCUT2D eigenvalue weighted by Crippen LogP contribution is 2.28. The minimum Gasteiger partial charge on any atom is -0.383 e. The Hall–Kier alpha value is -2.41. The van der Waals surface area contributed by atoms with Gasteiger partial charge in [0.2, 0.25) is 5.91 Å². The molecular weight excluding hydrogens is 298 g/mol. The first-order valence-corrected chi connectivity index (χ1v) is 7.36. The predicted octanol–water partition coefficient (Wildman–Crippen LogP) is 0.605. The third kappa shape index (κ3) is 3.50. The highest BCUT2D eigenvalue weighted by molar-refractivity contribution is 6.09. The average Bonchev–Trinajstić information content (AvgIpc) is 2.73. The lowest BCUT2D eigenvalue weighted by molar-refractivity contribution is -0.135. The molecule has 23 heavy (non-hydrogen) atoms. The lowest BCUT2D eigenvalue weighted by Crippen LogP contribution is -2.45. The number of ether oxygens (including phenoxy) is 1. The van der Waals surface area contributed by atoms with Crippen LogP contribution in [0.5, 0.6) is 0 Å². The zero-order valence-electron chi connectivity index (χ0n) is 13.5. The number of benzene rings is 1. The molecule has 7 nitrogen and oxygen atoms in total. The fourth-order valence-electron chi connectivity index (χ4n) is 2.56. The molecule has 1 aromatic carbocycles. The Kier molecular flexibility index (Phi) is 5.00. The van der Waals surface area contributed by atoms with Crippen LogP contribution in [0.1, 0.15) is 19.4 Å². The average molecular weight is 319 g/mol. The van der Waals surface area contributed by atoms with Gasteiger partial charge in [0.15, 0.2) is 0 Å². The van der Waals surface area contributed by atoms with Gasteiger partial charge in [0.1, 0.15) is 12.1 Å². The fourth-order valence-corrected chi connectivity index (χ4v) is 2.56. The Bertz CT molecular complexity index is 605. The maximum absolute atomic E-state index is 12.6. The molecule has 1 heterocycles. The summed E-state index contributed by atoms with van der Waals surface area (Å²) in [6.45, 7) is 3.45. The van der Waals surface area contributed by atoms with Gasteiger partial charge in [0, 0.05) is 13.2 Å². The molecule has 1 aromatic rings. The van der Waals surface area contributed by atoms with Crippen LogP contribution in [0.2, 0.25) is 0 Å². The number of urea groups is 1. The van der Waals surface area contributed by atoms with Crippen LogP contribution < -0.4 is 10.6 Å². The Morgan fingerprint density at radius 1 is 1.35 bits per heavy atom. The number of carbonyl (C=O) groups is 3. The van der Waals surface area contributed by atoms with E-state index in [0.717, 1.165) is 4.90 Å². The lowest BCUT2D eigenvalue weighted by Gasteiger charge is -2.22. The highest BCUT2D eigenvalue weighted by Gasteiger charge is 2.49. The van der Waals surface area contributed by atoms with E-state index in [4.69, 9.17) is 4.74 Å². The maximum Gasteiger partial charge on any atom is 0.325 e. The molecule has 124 valence electrons. The molecule has 0 aliphatic carbocycles. The summed E-state index contributed by atoms with van der Waals surface area (Å²) in [4.78, 5) is 37.6. The number of hydrogen-bond acceptors (Lipinski definition) is 4. The fraction of sp³-hybridized carbons (Fsp3) is 0.438.